The van der Waals surface area contributed by atoms with Crippen molar-refractivity contribution in [2.75, 3.05) is 13.2 Å². The van der Waals surface area contributed by atoms with E-state index in [1.54, 1.807) is 12.1 Å². The fourth-order valence-electron chi connectivity index (χ4n) is 2.88. The highest BCUT2D eigenvalue weighted by Crippen LogP contribution is 2.31. The molecular weight excluding hydrogens is 370 g/mol. The quantitative estimate of drug-likeness (QED) is 0.482. The Morgan fingerprint density at radius 3 is 2.69 bits per heavy atom. The van der Waals surface area contributed by atoms with Crippen LogP contribution in [0.1, 0.15) is 44.6 Å². The maximum atomic E-state index is 11.3. The van der Waals surface area contributed by atoms with Gasteiger partial charge >= 0.3 is 0 Å². The first-order valence-corrected chi connectivity index (χ1v) is 9.76. The smallest absolute Gasteiger partial charge is 0.223 e. The summed E-state index contributed by atoms with van der Waals surface area (Å²) in [5.41, 5.74) is 2.45. The van der Waals surface area contributed by atoms with Gasteiger partial charge in [0.25, 0.3) is 0 Å². The first-order valence-electron chi connectivity index (χ1n) is 9.76. The van der Waals surface area contributed by atoms with Crippen LogP contribution < -0.4 is 14.6 Å². The van der Waals surface area contributed by atoms with E-state index >= 15 is 0 Å². The van der Waals surface area contributed by atoms with E-state index in [0.29, 0.717) is 41.4 Å². The summed E-state index contributed by atoms with van der Waals surface area (Å²) in [5.74, 6) is 0.336. The summed E-state index contributed by atoms with van der Waals surface area (Å²) in [4.78, 5) is 15.7. The molecule has 3 aromatic rings. The number of aliphatic carboxylic acids is 1. The van der Waals surface area contributed by atoms with Crippen LogP contribution in [0.15, 0.2) is 46.9 Å². The molecule has 0 atom stereocenters. The van der Waals surface area contributed by atoms with E-state index in [0.717, 1.165) is 18.4 Å². The standard InChI is InChI=1S/C23H25NO5/c1-3-5-12-28-20-11-10-16(14-21(20)27-4-2)13-17(15-22(25)26)23-24-18-8-6-7-9-19(18)29-23/h6-11,13-14H,3-5,12,15H2,1-2H3,(H,25,26)/p-1/b17-13+. The zero-order valence-corrected chi connectivity index (χ0v) is 16.6. The van der Waals surface area contributed by atoms with Crippen molar-refractivity contribution in [2.24, 2.45) is 0 Å². The number of carboxylic acid groups (broad SMARTS) is 1. The zero-order chi connectivity index (χ0) is 20.6. The summed E-state index contributed by atoms with van der Waals surface area (Å²) in [7, 11) is 0. The molecule has 0 aliphatic heterocycles. The number of carboxylic acids is 1. The van der Waals surface area contributed by atoms with Crippen LogP contribution in [-0.4, -0.2) is 24.2 Å². The van der Waals surface area contributed by atoms with Crippen molar-refractivity contribution in [2.45, 2.75) is 33.1 Å². The number of ether oxygens (including phenoxy) is 2. The van der Waals surface area contributed by atoms with E-state index in [4.69, 9.17) is 13.9 Å². The molecule has 152 valence electrons. The van der Waals surface area contributed by atoms with E-state index < -0.39 is 5.97 Å². The van der Waals surface area contributed by atoms with Crippen LogP contribution in [0.25, 0.3) is 22.7 Å². The highest BCUT2D eigenvalue weighted by molar-refractivity contribution is 5.90. The predicted molar refractivity (Wildman–Crippen MR) is 110 cm³/mol. The number of carbonyl (C=O) groups excluding carboxylic acids is 1. The highest BCUT2D eigenvalue weighted by Gasteiger charge is 2.13. The number of oxazole rings is 1. The number of para-hydroxylation sites is 2. The van der Waals surface area contributed by atoms with Gasteiger partial charge in [0.15, 0.2) is 17.1 Å². The molecule has 0 saturated heterocycles. The van der Waals surface area contributed by atoms with Crippen LogP contribution in [-0.2, 0) is 4.79 Å². The Bertz CT molecular complexity index is 972. The molecule has 0 saturated carbocycles. The summed E-state index contributed by atoms with van der Waals surface area (Å²) < 4.78 is 17.2. The molecule has 0 aliphatic rings. The zero-order valence-electron chi connectivity index (χ0n) is 16.6. The second-order valence-electron chi connectivity index (χ2n) is 6.55. The number of benzene rings is 2. The van der Waals surface area contributed by atoms with Crippen LogP contribution in [0.3, 0.4) is 0 Å². The first kappa shape index (κ1) is 20.5. The lowest BCUT2D eigenvalue weighted by atomic mass is 10.1. The molecule has 0 spiro atoms. The largest absolute Gasteiger partial charge is 0.550 e. The molecule has 1 aromatic heterocycles. The number of carbonyl (C=O) groups is 1. The Kier molecular flexibility index (Phi) is 6.89. The molecule has 3 rings (SSSR count). The Labute approximate surface area is 169 Å². The third-order valence-corrected chi connectivity index (χ3v) is 4.27. The summed E-state index contributed by atoms with van der Waals surface area (Å²) in [6.07, 6.45) is 3.41. The van der Waals surface area contributed by atoms with Gasteiger partial charge in [0.2, 0.25) is 5.89 Å². The minimum atomic E-state index is -1.21. The Balaban J connectivity index is 1.95. The molecule has 2 aromatic carbocycles. The molecule has 0 bridgehead atoms. The van der Waals surface area contributed by atoms with Gasteiger partial charge in [-0.25, -0.2) is 4.98 Å². The third kappa shape index (κ3) is 5.38. The minimum Gasteiger partial charge on any atom is -0.550 e. The van der Waals surface area contributed by atoms with E-state index in [1.807, 2.05) is 43.3 Å². The molecular formula is C23H24NO5-. The van der Waals surface area contributed by atoms with Crippen molar-refractivity contribution in [1.82, 2.24) is 4.98 Å². The monoisotopic (exact) mass is 394 g/mol. The van der Waals surface area contributed by atoms with Gasteiger partial charge in [-0.2, -0.15) is 0 Å². The lowest BCUT2D eigenvalue weighted by molar-refractivity contribution is -0.304. The number of nitrogens with zero attached hydrogens (tertiary/aromatic N) is 1. The van der Waals surface area contributed by atoms with Gasteiger partial charge in [0.05, 0.1) is 13.2 Å². The second-order valence-corrected chi connectivity index (χ2v) is 6.55. The molecule has 0 fully saturated rings. The van der Waals surface area contributed by atoms with Gasteiger partial charge in [0.1, 0.15) is 5.52 Å². The topological polar surface area (TPSA) is 84.6 Å². The van der Waals surface area contributed by atoms with Crippen LogP contribution in [0, 0.1) is 0 Å². The van der Waals surface area contributed by atoms with Crippen molar-refractivity contribution >= 4 is 28.7 Å². The number of hydrogen-bond donors (Lipinski definition) is 0. The number of fused-ring (bicyclic) bond motifs is 1. The molecule has 0 amide bonds. The van der Waals surface area contributed by atoms with Crippen LogP contribution in [0.2, 0.25) is 0 Å². The second kappa shape index (κ2) is 9.78. The summed E-state index contributed by atoms with van der Waals surface area (Å²) in [5, 5.41) is 11.3. The number of rotatable bonds is 10. The first-order chi connectivity index (χ1) is 14.1. The fraction of sp³-hybridized carbons (Fsp3) is 0.304. The van der Waals surface area contributed by atoms with Gasteiger partial charge in [-0.05, 0) is 49.2 Å². The molecule has 0 radical (unpaired) electrons. The summed E-state index contributed by atoms with van der Waals surface area (Å²) in [6, 6.07) is 12.8. The molecule has 6 nitrogen and oxygen atoms in total. The molecule has 1 heterocycles. The van der Waals surface area contributed by atoms with Crippen molar-refractivity contribution in [1.29, 1.82) is 0 Å². The Morgan fingerprint density at radius 1 is 1.14 bits per heavy atom. The van der Waals surface area contributed by atoms with E-state index in [-0.39, 0.29) is 12.3 Å². The van der Waals surface area contributed by atoms with Crippen molar-refractivity contribution in [3.8, 4) is 11.5 Å². The summed E-state index contributed by atoms with van der Waals surface area (Å²) in [6.45, 7) is 5.11. The maximum absolute atomic E-state index is 11.3. The van der Waals surface area contributed by atoms with Gasteiger partial charge in [-0.3, -0.25) is 0 Å². The van der Waals surface area contributed by atoms with Crippen molar-refractivity contribution < 1.29 is 23.8 Å². The Morgan fingerprint density at radius 2 is 1.97 bits per heavy atom. The number of aromatic nitrogens is 1. The van der Waals surface area contributed by atoms with E-state index in [9.17, 15) is 9.90 Å². The maximum Gasteiger partial charge on any atom is 0.223 e. The average Bonchev–Trinajstić information content (AvgIpc) is 3.13. The van der Waals surface area contributed by atoms with Crippen LogP contribution in [0.5, 0.6) is 11.5 Å². The van der Waals surface area contributed by atoms with E-state index in [2.05, 4.69) is 11.9 Å². The number of unbranched alkanes of at least 4 members (excludes halogenated alkanes) is 1. The SMILES string of the molecule is CCCCOc1ccc(/C=C(\CC(=O)[O-])c2nc3ccccc3o2)cc1OCC. The average molecular weight is 394 g/mol. The van der Waals surface area contributed by atoms with Crippen molar-refractivity contribution in [3.63, 3.8) is 0 Å². The highest BCUT2D eigenvalue weighted by atomic mass is 16.5. The van der Waals surface area contributed by atoms with Gasteiger partial charge in [-0.15, -0.1) is 0 Å². The van der Waals surface area contributed by atoms with Gasteiger partial charge in [0, 0.05) is 18.0 Å². The molecule has 6 heteroatoms. The normalized spacial score (nSPS) is 11.6. The molecule has 0 unspecified atom stereocenters. The van der Waals surface area contributed by atoms with Gasteiger partial charge < -0.3 is 23.8 Å². The minimum absolute atomic E-state index is 0.261. The van der Waals surface area contributed by atoms with Gasteiger partial charge in [-0.1, -0.05) is 31.5 Å². The van der Waals surface area contributed by atoms with Crippen LogP contribution >= 0.6 is 0 Å². The number of hydrogen-bond acceptors (Lipinski definition) is 6. The third-order valence-electron chi connectivity index (χ3n) is 4.27. The fourth-order valence-corrected chi connectivity index (χ4v) is 2.88. The Hall–Kier alpha value is -3.28. The van der Waals surface area contributed by atoms with Crippen LogP contribution in [0.4, 0.5) is 0 Å². The van der Waals surface area contributed by atoms with Crippen molar-refractivity contribution in [3.05, 3.63) is 53.9 Å². The predicted octanol–water partition coefficient (Wildman–Crippen LogP) is 4.09. The molecule has 0 aliphatic carbocycles. The lowest BCUT2D eigenvalue weighted by Crippen LogP contribution is -2.22. The lowest BCUT2D eigenvalue weighted by Gasteiger charge is -2.13. The summed E-state index contributed by atoms with van der Waals surface area (Å²) >= 11 is 0. The van der Waals surface area contributed by atoms with E-state index in [1.165, 1.54) is 0 Å². The molecule has 29 heavy (non-hydrogen) atoms. The molecule has 0 N–H and O–H groups in total.